The van der Waals surface area contributed by atoms with Gasteiger partial charge in [0.15, 0.2) is 0 Å². The molecule has 0 N–H and O–H groups in total. The van der Waals surface area contributed by atoms with Crippen LogP contribution in [-0.2, 0) is 4.79 Å². The summed E-state index contributed by atoms with van der Waals surface area (Å²) in [5.74, 6) is 1.85. The van der Waals surface area contributed by atoms with Gasteiger partial charge in [0.2, 0.25) is 0 Å². The summed E-state index contributed by atoms with van der Waals surface area (Å²) in [7, 11) is 3.24. The Hall–Kier alpha value is -4.38. The van der Waals surface area contributed by atoms with Crippen molar-refractivity contribution in [2.24, 2.45) is 4.99 Å². The topological polar surface area (TPSA) is 51.1 Å². The SMILES string of the molecule is COc1ccc(C2=N/C(=C/c3cccc4ccccc34)C(=O)N2c2ccc(OC)cc2)cc1. The van der Waals surface area contributed by atoms with E-state index in [2.05, 4.69) is 18.2 Å². The van der Waals surface area contributed by atoms with Crippen LogP contribution in [0.2, 0.25) is 0 Å². The van der Waals surface area contributed by atoms with Crippen LogP contribution in [0.1, 0.15) is 11.1 Å². The molecule has 4 aromatic rings. The molecule has 4 aromatic carbocycles. The zero-order chi connectivity index (χ0) is 22.8. The molecule has 1 aliphatic heterocycles. The number of hydrogen-bond donors (Lipinski definition) is 0. The van der Waals surface area contributed by atoms with Crippen molar-refractivity contribution >= 4 is 34.3 Å². The monoisotopic (exact) mass is 434 g/mol. The molecular weight excluding hydrogens is 412 g/mol. The van der Waals surface area contributed by atoms with Crippen LogP contribution in [0, 0.1) is 0 Å². The molecular formula is C28H22N2O3. The Bertz CT molecular complexity index is 1380. The molecule has 0 aromatic heterocycles. The second-order valence-corrected chi connectivity index (χ2v) is 7.60. The quantitative estimate of drug-likeness (QED) is 0.379. The number of hydrogen-bond acceptors (Lipinski definition) is 4. The van der Waals surface area contributed by atoms with Gasteiger partial charge >= 0.3 is 0 Å². The first kappa shape index (κ1) is 20.5. The third-order valence-electron chi connectivity index (χ3n) is 5.65. The normalized spacial score (nSPS) is 14.6. The molecule has 1 aliphatic rings. The fourth-order valence-corrected chi connectivity index (χ4v) is 3.94. The molecule has 0 spiro atoms. The van der Waals surface area contributed by atoms with Crippen LogP contribution < -0.4 is 14.4 Å². The van der Waals surface area contributed by atoms with E-state index in [9.17, 15) is 4.79 Å². The Morgan fingerprint density at radius 2 is 1.39 bits per heavy atom. The lowest BCUT2D eigenvalue weighted by atomic mass is 10.0. The average Bonchev–Trinajstić information content (AvgIpc) is 3.20. The number of rotatable bonds is 5. The predicted octanol–water partition coefficient (Wildman–Crippen LogP) is 5.69. The summed E-state index contributed by atoms with van der Waals surface area (Å²) in [6.07, 6.45) is 1.86. The Labute approximate surface area is 192 Å². The van der Waals surface area contributed by atoms with E-state index < -0.39 is 0 Å². The maximum Gasteiger partial charge on any atom is 0.282 e. The van der Waals surface area contributed by atoms with Crippen molar-refractivity contribution < 1.29 is 14.3 Å². The molecule has 0 aliphatic carbocycles. The Morgan fingerprint density at radius 1 is 0.758 bits per heavy atom. The van der Waals surface area contributed by atoms with Crippen LogP contribution in [0.3, 0.4) is 0 Å². The molecule has 33 heavy (non-hydrogen) atoms. The van der Waals surface area contributed by atoms with Crippen molar-refractivity contribution in [2.45, 2.75) is 0 Å². The van der Waals surface area contributed by atoms with E-state index in [4.69, 9.17) is 14.5 Å². The molecule has 1 heterocycles. The molecule has 0 bridgehead atoms. The fraction of sp³-hybridized carbons (Fsp3) is 0.0714. The van der Waals surface area contributed by atoms with Crippen LogP contribution in [0.15, 0.2) is 102 Å². The van der Waals surface area contributed by atoms with E-state index in [1.165, 1.54) is 0 Å². The molecule has 0 unspecified atom stereocenters. The minimum atomic E-state index is -0.182. The highest BCUT2D eigenvalue weighted by Gasteiger charge is 2.32. The lowest BCUT2D eigenvalue weighted by Gasteiger charge is -2.19. The lowest BCUT2D eigenvalue weighted by Crippen LogP contribution is -2.32. The van der Waals surface area contributed by atoms with E-state index in [-0.39, 0.29) is 5.91 Å². The summed E-state index contributed by atoms with van der Waals surface area (Å²) in [4.78, 5) is 20.0. The van der Waals surface area contributed by atoms with Crippen LogP contribution in [0.25, 0.3) is 16.8 Å². The molecule has 5 nitrogen and oxygen atoms in total. The van der Waals surface area contributed by atoms with Crippen LogP contribution in [-0.4, -0.2) is 26.0 Å². The summed E-state index contributed by atoms with van der Waals surface area (Å²) in [5, 5.41) is 2.19. The van der Waals surface area contributed by atoms with Crippen molar-refractivity contribution in [1.29, 1.82) is 0 Å². The maximum atomic E-state index is 13.6. The zero-order valence-corrected chi connectivity index (χ0v) is 18.4. The number of aliphatic imine (C=N–C) groups is 1. The largest absolute Gasteiger partial charge is 0.497 e. The second kappa shape index (κ2) is 8.63. The molecule has 0 saturated heterocycles. The third-order valence-corrected chi connectivity index (χ3v) is 5.65. The minimum Gasteiger partial charge on any atom is -0.497 e. The summed E-state index contributed by atoms with van der Waals surface area (Å²) >= 11 is 0. The van der Waals surface area contributed by atoms with E-state index >= 15 is 0 Å². The predicted molar refractivity (Wildman–Crippen MR) is 132 cm³/mol. The molecule has 1 amide bonds. The Kier molecular flexibility index (Phi) is 5.37. The van der Waals surface area contributed by atoms with Crippen molar-refractivity contribution in [3.05, 3.63) is 108 Å². The van der Waals surface area contributed by atoms with Gasteiger partial charge in [0.05, 0.1) is 19.9 Å². The molecule has 162 valence electrons. The molecule has 5 rings (SSSR count). The molecule has 0 atom stereocenters. The average molecular weight is 434 g/mol. The van der Waals surface area contributed by atoms with Crippen molar-refractivity contribution in [2.75, 3.05) is 19.1 Å². The van der Waals surface area contributed by atoms with Gasteiger partial charge in [-0.3, -0.25) is 9.69 Å². The number of ether oxygens (including phenoxy) is 2. The standard InChI is InChI=1S/C28H22N2O3/c1-32-23-14-10-20(11-15-23)27-29-26(18-21-8-5-7-19-6-3-4-9-25(19)21)28(31)30(27)22-12-16-24(33-2)17-13-22/h3-18H,1-2H3/b26-18+. The Balaban J connectivity index is 1.63. The van der Waals surface area contributed by atoms with Gasteiger partial charge < -0.3 is 9.47 Å². The van der Waals surface area contributed by atoms with Gasteiger partial charge in [-0.05, 0) is 70.9 Å². The number of amidine groups is 1. The fourth-order valence-electron chi connectivity index (χ4n) is 3.94. The lowest BCUT2D eigenvalue weighted by molar-refractivity contribution is -0.113. The number of amides is 1. The number of nitrogens with zero attached hydrogens (tertiary/aromatic N) is 2. The number of carbonyl (C=O) groups is 1. The van der Waals surface area contributed by atoms with Crippen molar-refractivity contribution in [3.8, 4) is 11.5 Å². The summed E-state index contributed by atoms with van der Waals surface area (Å²) < 4.78 is 10.6. The first-order valence-corrected chi connectivity index (χ1v) is 10.6. The van der Waals surface area contributed by atoms with E-state index in [0.29, 0.717) is 11.5 Å². The van der Waals surface area contributed by atoms with Crippen LogP contribution in [0.5, 0.6) is 11.5 Å². The maximum absolute atomic E-state index is 13.6. The summed E-state index contributed by atoms with van der Waals surface area (Å²) in [5.41, 5.74) is 2.87. The Morgan fingerprint density at radius 3 is 2.09 bits per heavy atom. The number of benzene rings is 4. The zero-order valence-electron chi connectivity index (χ0n) is 18.4. The van der Waals surface area contributed by atoms with Gasteiger partial charge in [-0.2, -0.15) is 0 Å². The van der Waals surface area contributed by atoms with Gasteiger partial charge in [-0.25, -0.2) is 4.99 Å². The molecule has 0 radical (unpaired) electrons. The molecule has 0 saturated carbocycles. The highest BCUT2D eigenvalue weighted by molar-refractivity contribution is 6.33. The smallest absolute Gasteiger partial charge is 0.282 e. The number of anilines is 1. The van der Waals surface area contributed by atoms with Gasteiger partial charge in [-0.1, -0.05) is 42.5 Å². The van der Waals surface area contributed by atoms with Crippen LogP contribution >= 0.6 is 0 Å². The van der Waals surface area contributed by atoms with Crippen molar-refractivity contribution in [3.63, 3.8) is 0 Å². The molecule has 5 heteroatoms. The highest BCUT2D eigenvalue weighted by atomic mass is 16.5. The van der Waals surface area contributed by atoms with Gasteiger partial charge in [0, 0.05) is 5.56 Å². The highest BCUT2D eigenvalue weighted by Crippen LogP contribution is 2.31. The molecule has 0 fully saturated rings. The number of fused-ring (bicyclic) bond motifs is 1. The van der Waals surface area contributed by atoms with Gasteiger partial charge in [-0.15, -0.1) is 0 Å². The van der Waals surface area contributed by atoms with E-state index in [0.717, 1.165) is 39.1 Å². The summed E-state index contributed by atoms with van der Waals surface area (Å²) in [6, 6.07) is 29.1. The number of methoxy groups -OCH3 is 2. The van der Waals surface area contributed by atoms with Gasteiger partial charge in [0.25, 0.3) is 5.91 Å². The first-order valence-electron chi connectivity index (χ1n) is 10.6. The van der Waals surface area contributed by atoms with Crippen LogP contribution in [0.4, 0.5) is 5.69 Å². The summed E-state index contributed by atoms with van der Waals surface area (Å²) in [6.45, 7) is 0. The van der Waals surface area contributed by atoms with Crippen molar-refractivity contribution in [1.82, 2.24) is 0 Å². The van der Waals surface area contributed by atoms with E-state index in [1.54, 1.807) is 19.1 Å². The van der Waals surface area contributed by atoms with Gasteiger partial charge in [0.1, 0.15) is 23.0 Å². The number of carbonyl (C=O) groups excluding carboxylic acids is 1. The second-order valence-electron chi connectivity index (χ2n) is 7.60. The van der Waals surface area contributed by atoms with E-state index in [1.807, 2.05) is 78.9 Å². The third kappa shape index (κ3) is 3.85. The first-order chi connectivity index (χ1) is 16.2. The minimum absolute atomic E-state index is 0.182.